The van der Waals surface area contributed by atoms with Crippen LogP contribution in [0.2, 0.25) is 0 Å². The summed E-state index contributed by atoms with van der Waals surface area (Å²) < 4.78 is 1.67. The van der Waals surface area contributed by atoms with Crippen LogP contribution in [0.4, 0.5) is 5.82 Å². The molecule has 1 aromatic rings. The number of hydrogen-bond acceptors (Lipinski definition) is 3. The summed E-state index contributed by atoms with van der Waals surface area (Å²) in [6.45, 7) is 6.76. The molecule has 1 atom stereocenters. The maximum atomic E-state index is 12.0. The molecule has 1 rings (SSSR count). The first-order valence-corrected chi connectivity index (χ1v) is 6.46. The predicted octanol–water partition coefficient (Wildman–Crippen LogP) is 2.50. The second kappa shape index (κ2) is 6.64. The quantitative estimate of drug-likeness (QED) is 0.797. The summed E-state index contributed by atoms with van der Waals surface area (Å²) in [7, 11) is 0. The number of nitrogens with one attached hydrogen (secondary N) is 1. The fourth-order valence-electron chi connectivity index (χ4n) is 1.51. The summed E-state index contributed by atoms with van der Waals surface area (Å²) in [4.78, 5) is 16.1. The second-order valence-electron chi connectivity index (χ2n) is 4.55. The molecule has 0 saturated heterocycles. The molecule has 0 aliphatic heterocycles. The first-order chi connectivity index (χ1) is 8.06. The van der Waals surface area contributed by atoms with Gasteiger partial charge in [-0.3, -0.25) is 4.79 Å². The molecule has 4 nitrogen and oxygen atoms in total. The van der Waals surface area contributed by atoms with Crippen LogP contribution in [-0.2, 0) is 0 Å². The minimum Gasteiger partial charge on any atom is -0.365 e. The zero-order valence-corrected chi connectivity index (χ0v) is 11.4. The Morgan fingerprint density at radius 2 is 2.18 bits per heavy atom. The molecule has 0 saturated carbocycles. The highest BCUT2D eigenvalue weighted by atomic mass is 35.5. The van der Waals surface area contributed by atoms with Gasteiger partial charge in [-0.25, -0.2) is 4.98 Å². The van der Waals surface area contributed by atoms with Crippen LogP contribution in [0.15, 0.2) is 17.2 Å². The largest absolute Gasteiger partial charge is 0.365 e. The maximum Gasteiger partial charge on any atom is 0.293 e. The Labute approximate surface area is 107 Å². The van der Waals surface area contributed by atoms with Gasteiger partial charge in [0.15, 0.2) is 5.82 Å². The van der Waals surface area contributed by atoms with Crippen molar-refractivity contribution in [3.05, 3.63) is 22.7 Å². The van der Waals surface area contributed by atoms with Gasteiger partial charge in [0.2, 0.25) is 0 Å². The van der Waals surface area contributed by atoms with E-state index < -0.39 is 0 Å². The van der Waals surface area contributed by atoms with Gasteiger partial charge in [-0.05, 0) is 26.2 Å². The zero-order chi connectivity index (χ0) is 12.8. The first-order valence-electron chi connectivity index (χ1n) is 5.93. The average molecular weight is 258 g/mol. The van der Waals surface area contributed by atoms with Crippen LogP contribution in [-0.4, -0.2) is 22.0 Å². The number of hydrogen-bond donors (Lipinski definition) is 1. The van der Waals surface area contributed by atoms with Crippen LogP contribution < -0.4 is 10.9 Å². The molecular formula is C12H20ClN3O. The van der Waals surface area contributed by atoms with Crippen molar-refractivity contribution >= 4 is 17.4 Å². The lowest BCUT2D eigenvalue weighted by Crippen LogP contribution is -2.27. The highest BCUT2D eigenvalue weighted by molar-refractivity contribution is 6.17. The monoisotopic (exact) mass is 257 g/mol. The molecule has 1 heterocycles. The number of rotatable bonds is 6. The van der Waals surface area contributed by atoms with E-state index in [1.807, 2.05) is 13.8 Å². The normalized spacial score (nSPS) is 12.8. The van der Waals surface area contributed by atoms with Crippen LogP contribution in [0.3, 0.4) is 0 Å². The number of halogens is 1. The van der Waals surface area contributed by atoms with Crippen LogP contribution in [0.5, 0.6) is 0 Å². The third kappa shape index (κ3) is 4.04. The smallest absolute Gasteiger partial charge is 0.293 e. The van der Waals surface area contributed by atoms with E-state index in [0.29, 0.717) is 17.6 Å². The van der Waals surface area contributed by atoms with Crippen LogP contribution in [0.1, 0.15) is 33.2 Å². The number of alkyl halides is 1. The van der Waals surface area contributed by atoms with E-state index in [2.05, 4.69) is 17.2 Å². The lowest BCUT2D eigenvalue weighted by molar-refractivity contribution is 0.569. The van der Waals surface area contributed by atoms with E-state index in [1.165, 1.54) is 0 Å². The second-order valence-corrected chi connectivity index (χ2v) is 4.92. The molecule has 0 amide bonds. The van der Waals surface area contributed by atoms with Gasteiger partial charge in [0, 0.05) is 30.9 Å². The summed E-state index contributed by atoms with van der Waals surface area (Å²) in [6.07, 6.45) is 4.29. The van der Waals surface area contributed by atoms with Crippen molar-refractivity contribution in [1.29, 1.82) is 0 Å². The fraction of sp³-hybridized carbons (Fsp3) is 0.667. The topological polar surface area (TPSA) is 46.9 Å². The van der Waals surface area contributed by atoms with Crippen molar-refractivity contribution < 1.29 is 0 Å². The van der Waals surface area contributed by atoms with Crippen LogP contribution >= 0.6 is 11.6 Å². The molecule has 1 N–H and O–H groups in total. The summed E-state index contributed by atoms with van der Waals surface area (Å²) in [5, 5.41) is 3.09. The molecule has 0 radical (unpaired) electrons. The van der Waals surface area contributed by atoms with Gasteiger partial charge in [-0.1, -0.05) is 6.92 Å². The molecule has 5 heteroatoms. The molecule has 0 aliphatic rings. The lowest BCUT2D eigenvalue weighted by atomic mass is 10.1. The molecule has 0 bridgehead atoms. The third-order valence-electron chi connectivity index (χ3n) is 2.64. The van der Waals surface area contributed by atoms with Crippen LogP contribution in [0.25, 0.3) is 0 Å². The van der Waals surface area contributed by atoms with Gasteiger partial charge in [-0.2, -0.15) is 0 Å². The summed E-state index contributed by atoms with van der Waals surface area (Å²) in [6, 6.07) is 0.145. The van der Waals surface area contributed by atoms with Crippen molar-refractivity contribution in [1.82, 2.24) is 9.55 Å². The number of aromatic nitrogens is 2. The van der Waals surface area contributed by atoms with E-state index in [-0.39, 0.29) is 11.6 Å². The van der Waals surface area contributed by atoms with Crippen molar-refractivity contribution in [3.8, 4) is 0 Å². The van der Waals surface area contributed by atoms with Gasteiger partial charge >= 0.3 is 0 Å². The molecule has 0 aromatic carbocycles. The Bertz CT molecular complexity index is 403. The van der Waals surface area contributed by atoms with E-state index >= 15 is 0 Å². The molecular weight excluding hydrogens is 238 g/mol. The summed E-state index contributed by atoms with van der Waals surface area (Å²) in [5.74, 6) is 1.49. The molecule has 1 unspecified atom stereocenters. The zero-order valence-electron chi connectivity index (χ0n) is 10.6. The van der Waals surface area contributed by atoms with E-state index in [4.69, 9.17) is 11.6 Å². The minimum atomic E-state index is -0.0689. The number of nitrogens with zero attached hydrogens (tertiary/aromatic N) is 2. The molecule has 0 spiro atoms. The summed E-state index contributed by atoms with van der Waals surface area (Å²) >= 11 is 5.67. The minimum absolute atomic E-state index is 0.0689. The van der Waals surface area contributed by atoms with Gasteiger partial charge in [-0.15, -0.1) is 11.6 Å². The lowest BCUT2D eigenvalue weighted by Gasteiger charge is -2.13. The Hall–Kier alpha value is -1.03. The van der Waals surface area contributed by atoms with Crippen molar-refractivity contribution in [2.75, 3.05) is 17.7 Å². The third-order valence-corrected chi connectivity index (χ3v) is 2.86. The first kappa shape index (κ1) is 14.0. The van der Waals surface area contributed by atoms with E-state index in [9.17, 15) is 4.79 Å². The molecule has 96 valence electrons. The van der Waals surface area contributed by atoms with Gasteiger partial charge in [0.1, 0.15) is 0 Å². The fourth-order valence-corrected chi connectivity index (χ4v) is 1.88. The highest BCUT2D eigenvalue weighted by Gasteiger charge is 2.08. The molecule has 17 heavy (non-hydrogen) atoms. The predicted molar refractivity (Wildman–Crippen MR) is 71.9 cm³/mol. The Morgan fingerprint density at radius 3 is 2.76 bits per heavy atom. The average Bonchev–Trinajstić information content (AvgIpc) is 2.27. The molecule has 0 aliphatic carbocycles. The standard InChI is InChI=1S/C12H20ClN3O/c1-9(2)16-7-6-14-11(12(16)17)15-8-10(3)4-5-13/h6-7,9-10H,4-5,8H2,1-3H3,(H,14,15). The molecule has 0 fully saturated rings. The Morgan fingerprint density at radius 1 is 1.47 bits per heavy atom. The summed E-state index contributed by atoms with van der Waals surface area (Å²) in [5.41, 5.74) is -0.0689. The Balaban J connectivity index is 2.72. The Kier molecular flexibility index (Phi) is 5.48. The van der Waals surface area contributed by atoms with E-state index in [1.54, 1.807) is 17.0 Å². The van der Waals surface area contributed by atoms with E-state index in [0.717, 1.165) is 13.0 Å². The maximum absolute atomic E-state index is 12.0. The van der Waals surface area contributed by atoms with Gasteiger partial charge in [0.05, 0.1) is 0 Å². The van der Waals surface area contributed by atoms with Crippen molar-refractivity contribution in [2.24, 2.45) is 5.92 Å². The van der Waals surface area contributed by atoms with Gasteiger partial charge in [0.25, 0.3) is 5.56 Å². The number of anilines is 1. The van der Waals surface area contributed by atoms with Crippen molar-refractivity contribution in [3.63, 3.8) is 0 Å². The van der Waals surface area contributed by atoms with Gasteiger partial charge < -0.3 is 9.88 Å². The highest BCUT2D eigenvalue weighted by Crippen LogP contribution is 2.05. The SMILES string of the molecule is CC(CCCl)CNc1nccn(C(C)C)c1=O. The van der Waals surface area contributed by atoms with Crippen LogP contribution in [0, 0.1) is 5.92 Å². The molecule has 1 aromatic heterocycles. The van der Waals surface area contributed by atoms with Crippen molar-refractivity contribution in [2.45, 2.75) is 33.2 Å².